The van der Waals surface area contributed by atoms with Gasteiger partial charge in [0.05, 0.1) is 17.9 Å². The number of hydrogen-bond acceptors (Lipinski definition) is 5. The standard InChI is InChI=1S/C22H22F3N3O3S/c1-3-28-20(30)18(13-19(29)26-15-8-10-17(11-9-15)31-4-2)32-21(28)27-16-7-5-6-14(12-16)22(23,24)25/h5-12,18H,3-4,13H2,1-2H3,(H,26,29)/t18-/m0/s1. The number of carbonyl (C=O) groups excluding carboxylic acids is 2. The van der Waals surface area contributed by atoms with Gasteiger partial charge in [-0.1, -0.05) is 17.8 Å². The highest BCUT2D eigenvalue weighted by Crippen LogP contribution is 2.34. The molecule has 0 unspecified atom stereocenters. The summed E-state index contributed by atoms with van der Waals surface area (Å²) >= 11 is 1.07. The molecule has 2 aromatic carbocycles. The van der Waals surface area contributed by atoms with E-state index in [1.807, 2.05) is 6.92 Å². The van der Waals surface area contributed by atoms with Crippen LogP contribution in [0.4, 0.5) is 24.5 Å². The lowest BCUT2D eigenvalue weighted by Gasteiger charge is -2.13. The van der Waals surface area contributed by atoms with Gasteiger partial charge in [0.25, 0.3) is 0 Å². The van der Waals surface area contributed by atoms with Crippen LogP contribution in [0.15, 0.2) is 53.5 Å². The van der Waals surface area contributed by atoms with Crippen LogP contribution in [0, 0.1) is 0 Å². The number of amidine groups is 1. The maximum atomic E-state index is 13.0. The number of thioether (sulfide) groups is 1. The quantitative estimate of drug-likeness (QED) is 0.619. The van der Waals surface area contributed by atoms with Crippen molar-refractivity contribution < 1.29 is 27.5 Å². The second kappa shape index (κ2) is 10.1. The molecule has 6 nitrogen and oxygen atoms in total. The molecule has 2 amide bonds. The zero-order valence-electron chi connectivity index (χ0n) is 17.5. The normalized spacial score (nSPS) is 17.7. The van der Waals surface area contributed by atoms with Crippen LogP contribution in [-0.2, 0) is 15.8 Å². The number of rotatable bonds is 7. The van der Waals surface area contributed by atoms with Gasteiger partial charge in [0.1, 0.15) is 11.0 Å². The van der Waals surface area contributed by atoms with E-state index < -0.39 is 17.0 Å². The van der Waals surface area contributed by atoms with Gasteiger partial charge in [-0.15, -0.1) is 0 Å². The molecular weight excluding hydrogens is 443 g/mol. The molecular formula is C22H22F3N3O3S. The van der Waals surface area contributed by atoms with Gasteiger partial charge >= 0.3 is 6.18 Å². The van der Waals surface area contributed by atoms with Crippen molar-refractivity contribution in [1.29, 1.82) is 0 Å². The summed E-state index contributed by atoms with van der Waals surface area (Å²) < 4.78 is 44.2. The SMILES string of the molecule is CCOc1ccc(NC(=O)C[C@@H]2SC(=Nc3cccc(C(F)(F)F)c3)N(CC)C2=O)cc1. The van der Waals surface area contributed by atoms with Gasteiger partial charge in [0.15, 0.2) is 5.17 Å². The Morgan fingerprint density at radius 2 is 1.91 bits per heavy atom. The molecule has 0 spiro atoms. The van der Waals surface area contributed by atoms with Gasteiger partial charge in [-0.05, 0) is 56.3 Å². The van der Waals surface area contributed by atoms with Gasteiger partial charge in [0, 0.05) is 18.7 Å². The van der Waals surface area contributed by atoms with E-state index in [9.17, 15) is 22.8 Å². The molecule has 1 saturated heterocycles. The molecule has 10 heteroatoms. The maximum absolute atomic E-state index is 13.0. The predicted molar refractivity (Wildman–Crippen MR) is 118 cm³/mol. The zero-order chi connectivity index (χ0) is 23.3. The summed E-state index contributed by atoms with van der Waals surface area (Å²) in [6.07, 6.45) is -4.57. The van der Waals surface area contributed by atoms with Gasteiger partial charge in [-0.3, -0.25) is 14.5 Å². The third-order valence-corrected chi connectivity index (χ3v) is 5.73. The molecule has 0 bridgehead atoms. The molecule has 170 valence electrons. The van der Waals surface area contributed by atoms with Crippen LogP contribution < -0.4 is 10.1 Å². The summed E-state index contributed by atoms with van der Waals surface area (Å²) in [4.78, 5) is 30.8. The summed E-state index contributed by atoms with van der Waals surface area (Å²) in [5.74, 6) is 0.0301. The average Bonchev–Trinajstić information content (AvgIpc) is 3.03. The number of hydrogen-bond donors (Lipinski definition) is 1. The number of ether oxygens (including phenoxy) is 1. The Morgan fingerprint density at radius 1 is 1.19 bits per heavy atom. The Balaban J connectivity index is 1.69. The molecule has 1 atom stereocenters. The second-order valence-corrected chi connectivity index (χ2v) is 8.01. The van der Waals surface area contributed by atoms with Crippen LogP contribution in [-0.4, -0.2) is 40.3 Å². The van der Waals surface area contributed by atoms with Crippen LogP contribution in [0.5, 0.6) is 5.75 Å². The second-order valence-electron chi connectivity index (χ2n) is 6.84. The average molecular weight is 465 g/mol. The highest BCUT2D eigenvalue weighted by molar-refractivity contribution is 8.15. The Bertz CT molecular complexity index is 1010. The number of alkyl halides is 3. The lowest BCUT2D eigenvalue weighted by atomic mass is 10.2. The molecule has 1 fully saturated rings. The smallest absolute Gasteiger partial charge is 0.416 e. The van der Waals surface area contributed by atoms with E-state index in [0.29, 0.717) is 24.6 Å². The predicted octanol–water partition coefficient (Wildman–Crippen LogP) is 5.08. The highest BCUT2D eigenvalue weighted by Gasteiger charge is 2.38. The molecule has 1 N–H and O–H groups in total. The molecule has 0 saturated carbocycles. The van der Waals surface area contributed by atoms with Crippen LogP contribution in [0.2, 0.25) is 0 Å². The minimum absolute atomic E-state index is 0.0885. The van der Waals surface area contributed by atoms with E-state index in [1.54, 1.807) is 31.2 Å². The molecule has 0 aromatic heterocycles. The molecule has 0 radical (unpaired) electrons. The van der Waals surface area contributed by atoms with Crippen molar-refractivity contribution in [3.8, 4) is 5.75 Å². The van der Waals surface area contributed by atoms with E-state index in [4.69, 9.17) is 4.74 Å². The Hall–Kier alpha value is -3.01. The van der Waals surface area contributed by atoms with Gasteiger partial charge in [-0.25, -0.2) is 4.99 Å². The first-order valence-electron chi connectivity index (χ1n) is 9.98. The number of nitrogens with one attached hydrogen (secondary N) is 1. The highest BCUT2D eigenvalue weighted by atomic mass is 32.2. The number of anilines is 1. The number of carbonyl (C=O) groups is 2. The molecule has 3 rings (SSSR count). The number of nitrogens with zero attached hydrogens (tertiary/aromatic N) is 2. The summed E-state index contributed by atoms with van der Waals surface area (Å²) in [5.41, 5.74) is -0.157. The van der Waals surface area contributed by atoms with Gasteiger partial charge in [-0.2, -0.15) is 13.2 Å². The molecule has 1 heterocycles. The topological polar surface area (TPSA) is 71.0 Å². The van der Waals surface area contributed by atoms with Crippen molar-refractivity contribution in [2.24, 2.45) is 4.99 Å². The van der Waals surface area contributed by atoms with Crippen molar-refractivity contribution >= 4 is 40.1 Å². The van der Waals surface area contributed by atoms with Crippen LogP contribution in [0.25, 0.3) is 0 Å². The van der Waals surface area contributed by atoms with Gasteiger partial charge in [0.2, 0.25) is 11.8 Å². The maximum Gasteiger partial charge on any atom is 0.416 e. The lowest BCUT2D eigenvalue weighted by molar-refractivity contribution is -0.137. The Morgan fingerprint density at radius 3 is 2.53 bits per heavy atom. The van der Waals surface area contributed by atoms with E-state index >= 15 is 0 Å². The minimum atomic E-state index is -4.49. The Kier molecular flexibility index (Phi) is 7.44. The summed E-state index contributed by atoms with van der Waals surface area (Å²) in [6, 6.07) is 11.5. The number of aliphatic imine (C=N–C) groups is 1. The first-order chi connectivity index (χ1) is 15.2. The molecule has 1 aliphatic rings. The fourth-order valence-corrected chi connectivity index (χ4v) is 4.28. The van der Waals surface area contributed by atoms with Crippen molar-refractivity contribution in [3.05, 3.63) is 54.1 Å². The summed E-state index contributed by atoms with van der Waals surface area (Å²) in [6.45, 7) is 4.43. The number of benzene rings is 2. The number of amides is 2. The monoisotopic (exact) mass is 465 g/mol. The van der Waals surface area contributed by atoms with E-state index in [-0.39, 0.29) is 29.1 Å². The summed E-state index contributed by atoms with van der Waals surface area (Å²) in [5, 5.41) is 2.30. The molecule has 2 aromatic rings. The summed E-state index contributed by atoms with van der Waals surface area (Å²) in [7, 11) is 0. The third-order valence-electron chi connectivity index (χ3n) is 4.55. The van der Waals surface area contributed by atoms with E-state index in [1.165, 1.54) is 17.0 Å². The molecule has 32 heavy (non-hydrogen) atoms. The van der Waals surface area contributed by atoms with Crippen LogP contribution in [0.1, 0.15) is 25.8 Å². The third kappa shape index (κ3) is 5.82. The van der Waals surface area contributed by atoms with Crippen molar-refractivity contribution in [1.82, 2.24) is 4.90 Å². The largest absolute Gasteiger partial charge is 0.494 e. The van der Waals surface area contributed by atoms with Crippen LogP contribution >= 0.6 is 11.8 Å². The fourth-order valence-electron chi connectivity index (χ4n) is 3.06. The first-order valence-corrected chi connectivity index (χ1v) is 10.9. The lowest BCUT2D eigenvalue weighted by Crippen LogP contribution is -2.33. The van der Waals surface area contributed by atoms with E-state index in [2.05, 4.69) is 10.3 Å². The Labute approximate surface area is 187 Å². The number of halogens is 3. The minimum Gasteiger partial charge on any atom is -0.494 e. The van der Waals surface area contributed by atoms with Crippen molar-refractivity contribution in [2.75, 3.05) is 18.5 Å². The molecule has 1 aliphatic heterocycles. The van der Waals surface area contributed by atoms with Crippen molar-refractivity contribution in [3.63, 3.8) is 0 Å². The van der Waals surface area contributed by atoms with Crippen molar-refractivity contribution in [2.45, 2.75) is 31.7 Å². The first kappa shape index (κ1) is 23.6. The van der Waals surface area contributed by atoms with Crippen LogP contribution in [0.3, 0.4) is 0 Å². The molecule has 0 aliphatic carbocycles. The van der Waals surface area contributed by atoms with E-state index in [0.717, 1.165) is 23.9 Å². The zero-order valence-corrected chi connectivity index (χ0v) is 18.3. The van der Waals surface area contributed by atoms with Gasteiger partial charge < -0.3 is 10.1 Å². The fraction of sp³-hybridized carbons (Fsp3) is 0.318.